The molecule has 0 spiro atoms. The molecule has 0 saturated carbocycles. The lowest BCUT2D eigenvalue weighted by Crippen LogP contribution is -2.12. The van der Waals surface area contributed by atoms with Crippen molar-refractivity contribution in [3.8, 4) is 0 Å². The molecule has 1 aromatic carbocycles. The van der Waals surface area contributed by atoms with Gasteiger partial charge in [0.15, 0.2) is 0 Å². The van der Waals surface area contributed by atoms with Crippen LogP contribution in [0.15, 0.2) is 39.8 Å². The summed E-state index contributed by atoms with van der Waals surface area (Å²) in [4.78, 5) is 12.0. The summed E-state index contributed by atoms with van der Waals surface area (Å²) in [5.74, 6) is 0.237. The van der Waals surface area contributed by atoms with Gasteiger partial charge in [-0.1, -0.05) is 0 Å². The standard InChI is InChI=1S/C14H12N2O4S/c1-8-4-5-20-13(8)7-11-10-6-9(21(15,18)19)2-3-12(10)16-14(11)17/h2-7H,1H3,(H,16,17)(H2,15,18,19). The van der Waals surface area contributed by atoms with E-state index in [0.717, 1.165) is 5.56 Å². The van der Waals surface area contributed by atoms with E-state index in [9.17, 15) is 13.2 Å². The van der Waals surface area contributed by atoms with Crippen LogP contribution in [-0.2, 0) is 14.8 Å². The Balaban J connectivity index is 2.17. The Labute approximate surface area is 121 Å². The van der Waals surface area contributed by atoms with Crippen LogP contribution in [-0.4, -0.2) is 14.3 Å². The molecule has 1 aliphatic rings. The number of rotatable bonds is 2. The van der Waals surface area contributed by atoms with Gasteiger partial charge in [0, 0.05) is 11.3 Å². The molecule has 0 radical (unpaired) electrons. The lowest BCUT2D eigenvalue weighted by molar-refractivity contribution is -0.110. The maximum Gasteiger partial charge on any atom is 0.256 e. The number of benzene rings is 1. The molecule has 6 nitrogen and oxygen atoms in total. The van der Waals surface area contributed by atoms with E-state index in [0.29, 0.717) is 22.6 Å². The first-order chi connectivity index (χ1) is 9.86. The summed E-state index contributed by atoms with van der Waals surface area (Å²) in [5, 5.41) is 7.79. The number of hydrogen-bond acceptors (Lipinski definition) is 4. The molecule has 0 unspecified atom stereocenters. The Morgan fingerprint density at radius 1 is 1.29 bits per heavy atom. The van der Waals surface area contributed by atoms with Crippen LogP contribution in [0, 0.1) is 6.92 Å². The van der Waals surface area contributed by atoms with Crippen molar-refractivity contribution >= 4 is 33.3 Å². The maximum atomic E-state index is 12.0. The molecule has 0 bridgehead atoms. The zero-order valence-electron chi connectivity index (χ0n) is 11.1. The molecule has 3 N–H and O–H groups in total. The number of hydrogen-bond donors (Lipinski definition) is 2. The van der Waals surface area contributed by atoms with Gasteiger partial charge in [-0.25, -0.2) is 13.6 Å². The third-order valence-electron chi connectivity index (χ3n) is 3.28. The van der Waals surface area contributed by atoms with E-state index < -0.39 is 10.0 Å². The fraction of sp³-hybridized carbons (Fsp3) is 0.0714. The number of nitrogens with one attached hydrogen (secondary N) is 1. The molecule has 108 valence electrons. The second-order valence-electron chi connectivity index (χ2n) is 4.73. The largest absolute Gasteiger partial charge is 0.465 e. The Morgan fingerprint density at radius 2 is 2.05 bits per heavy atom. The van der Waals surface area contributed by atoms with Gasteiger partial charge in [-0.05, 0) is 42.8 Å². The Kier molecular flexibility index (Phi) is 2.96. The van der Waals surface area contributed by atoms with Gasteiger partial charge in [-0.3, -0.25) is 4.79 Å². The predicted octanol–water partition coefficient (Wildman–Crippen LogP) is 1.73. The average Bonchev–Trinajstić information content (AvgIpc) is 2.93. The molecular formula is C14H12N2O4S. The van der Waals surface area contributed by atoms with Crippen molar-refractivity contribution in [2.75, 3.05) is 5.32 Å². The zero-order valence-corrected chi connectivity index (χ0v) is 11.9. The third kappa shape index (κ3) is 2.37. The molecule has 7 heteroatoms. The predicted molar refractivity (Wildman–Crippen MR) is 77.8 cm³/mol. The van der Waals surface area contributed by atoms with Crippen LogP contribution in [0.5, 0.6) is 0 Å². The van der Waals surface area contributed by atoms with E-state index in [2.05, 4.69) is 5.32 Å². The molecular weight excluding hydrogens is 292 g/mol. The number of carbonyl (C=O) groups excluding carboxylic acids is 1. The van der Waals surface area contributed by atoms with E-state index in [-0.39, 0.29) is 10.8 Å². The smallest absolute Gasteiger partial charge is 0.256 e. The van der Waals surface area contributed by atoms with Crippen molar-refractivity contribution in [2.24, 2.45) is 5.14 Å². The maximum absolute atomic E-state index is 12.0. The Morgan fingerprint density at radius 3 is 2.67 bits per heavy atom. The number of nitrogens with two attached hydrogens (primary N) is 1. The second kappa shape index (κ2) is 4.57. The summed E-state index contributed by atoms with van der Waals surface area (Å²) in [6, 6.07) is 6.03. The van der Waals surface area contributed by atoms with Crippen molar-refractivity contribution in [1.82, 2.24) is 0 Å². The molecule has 0 saturated heterocycles. The molecule has 2 heterocycles. The van der Waals surface area contributed by atoms with Crippen LogP contribution >= 0.6 is 0 Å². The third-order valence-corrected chi connectivity index (χ3v) is 4.19. The summed E-state index contributed by atoms with van der Waals surface area (Å²) >= 11 is 0. The summed E-state index contributed by atoms with van der Waals surface area (Å²) in [7, 11) is -3.83. The molecule has 0 fully saturated rings. The van der Waals surface area contributed by atoms with Crippen LogP contribution in [0.3, 0.4) is 0 Å². The highest BCUT2D eigenvalue weighted by molar-refractivity contribution is 7.89. The average molecular weight is 304 g/mol. The van der Waals surface area contributed by atoms with E-state index >= 15 is 0 Å². The summed E-state index contributed by atoms with van der Waals surface area (Å²) in [6.45, 7) is 1.85. The van der Waals surface area contributed by atoms with Crippen LogP contribution < -0.4 is 10.5 Å². The van der Waals surface area contributed by atoms with Gasteiger partial charge in [0.2, 0.25) is 10.0 Å². The number of sulfonamides is 1. The molecule has 1 aliphatic heterocycles. The van der Waals surface area contributed by atoms with Crippen LogP contribution in [0.4, 0.5) is 5.69 Å². The lowest BCUT2D eigenvalue weighted by atomic mass is 10.1. The van der Waals surface area contributed by atoms with Gasteiger partial charge in [-0.15, -0.1) is 0 Å². The highest BCUT2D eigenvalue weighted by Crippen LogP contribution is 2.35. The number of primary sulfonamides is 1. The molecule has 3 rings (SSSR count). The van der Waals surface area contributed by atoms with Crippen LogP contribution in [0.25, 0.3) is 11.6 Å². The van der Waals surface area contributed by atoms with Gasteiger partial charge < -0.3 is 9.73 Å². The number of amides is 1. The summed E-state index contributed by atoms with van der Waals surface area (Å²) in [5.41, 5.74) is 2.25. The molecule has 2 aromatic rings. The highest BCUT2D eigenvalue weighted by Gasteiger charge is 2.26. The van der Waals surface area contributed by atoms with E-state index in [1.165, 1.54) is 24.5 Å². The minimum atomic E-state index is -3.83. The fourth-order valence-corrected chi connectivity index (χ4v) is 2.69. The number of furan rings is 1. The topological polar surface area (TPSA) is 102 Å². The molecule has 21 heavy (non-hydrogen) atoms. The van der Waals surface area contributed by atoms with E-state index in [1.54, 1.807) is 12.1 Å². The summed E-state index contributed by atoms with van der Waals surface area (Å²) < 4.78 is 28.1. The second-order valence-corrected chi connectivity index (χ2v) is 6.29. The molecule has 0 atom stereocenters. The first-order valence-corrected chi connectivity index (χ1v) is 7.65. The molecule has 0 aliphatic carbocycles. The normalized spacial score (nSPS) is 16.1. The van der Waals surface area contributed by atoms with Gasteiger partial charge in [-0.2, -0.15) is 0 Å². The quantitative estimate of drug-likeness (QED) is 0.825. The van der Waals surface area contributed by atoms with Crippen molar-refractivity contribution in [2.45, 2.75) is 11.8 Å². The van der Waals surface area contributed by atoms with Crippen molar-refractivity contribution in [3.63, 3.8) is 0 Å². The number of fused-ring (bicyclic) bond motifs is 1. The molecule has 1 amide bonds. The zero-order chi connectivity index (χ0) is 15.2. The summed E-state index contributed by atoms with van der Waals surface area (Å²) in [6.07, 6.45) is 3.11. The minimum Gasteiger partial charge on any atom is -0.465 e. The van der Waals surface area contributed by atoms with Crippen molar-refractivity contribution in [1.29, 1.82) is 0 Å². The minimum absolute atomic E-state index is 0.0418. The Bertz CT molecular complexity index is 878. The van der Waals surface area contributed by atoms with Crippen molar-refractivity contribution in [3.05, 3.63) is 47.4 Å². The van der Waals surface area contributed by atoms with Gasteiger partial charge >= 0.3 is 0 Å². The van der Waals surface area contributed by atoms with Crippen molar-refractivity contribution < 1.29 is 17.6 Å². The van der Waals surface area contributed by atoms with E-state index in [4.69, 9.17) is 9.56 Å². The SMILES string of the molecule is Cc1ccoc1C=C1C(=O)Nc2ccc(S(N)(=O)=O)cc21. The highest BCUT2D eigenvalue weighted by atomic mass is 32.2. The lowest BCUT2D eigenvalue weighted by Gasteiger charge is -2.02. The number of aryl methyl sites for hydroxylation is 1. The Hall–Kier alpha value is -2.38. The van der Waals surface area contributed by atoms with Gasteiger partial charge in [0.05, 0.1) is 16.7 Å². The first kappa shape index (κ1) is 13.6. The van der Waals surface area contributed by atoms with E-state index in [1.807, 2.05) is 6.92 Å². The van der Waals surface area contributed by atoms with Crippen LogP contribution in [0.1, 0.15) is 16.9 Å². The monoisotopic (exact) mass is 304 g/mol. The van der Waals surface area contributed by atoms with Crippen LogP contribution in [0.2, 0.25) is 0 Å². The number of anilines is 1. The number of carbonyl (C=O) groups is 1. The van der Waals surface area contributed by atoms with Gasteiger partial charge in [0.25, 0.3) is 5.91 Å². The molecule has 1 aromatic heterocycles. The first-order valence-electron chi connectivity index (χ1n) is 6.10. The fourth-order valence-electron chi connectivity index (χ4n) is 2.15. The van der Waals surface area contributed by atoms with Gasteiger partial charge in [0.1, 0.15) is 5.76 Å².